The highest BCUT2D eigenvalue weighted by molar-refractivity contribution is 7.80. The van der Waals surface area contributed by atoms with Gasteiger partial charge in [0.1, 0.15) is 5.82 Å². The highest BCUT2D eigenvalue weighted by Gasteiger charge is 2.08. The van der Waals surface area contributed by atoms with Gasteiger partial charge in [0, 0.05) is 16.1 Å². The quantitative estimate of drug-likeness (QED) is 0.793. The Labute approximate surface area is 110 Å². The molecule has 2 nitrogen and oxygen atoms in total. The van der Waals surface area contributed by atoms with Crippen LogP contribution in [-0.2, 0) is 0 Å². The van der Waals surface area contributed by atoms with Crippen LogP contribution in [0.2, 0.25) is 0 Å². The van der Waals surface area contributed by atoms with Gasteiger partial charge in [-0.15, -0.1) is 12.6 Å². The van der Waals surface area contributed by atoms with E-state index in [1.807, 2.05) is 31.2 Å². The Morgan fingerprint density at radius 1 is 1.17 bits per heavy atom. The number of aryl methyl sites for hydroxylation is 1. The van der Waals surface area contributed by atoms with Crippen molar-refractivity contribution >= 4 is 24.2 Å². The first-order valence-electron chi connectivity index (χ1n) is 5.43. The third-order valence-electron chi connectivity index (χ3n) is 2.52. The monoisotopic (exact) mass is 261 g/mol. The van der Waals surface area contributed by atoms with Crippen molar-refractivity contribution in [2.75, 3.05) is 5.32 Å². The van der Waals surface area contributed by atoms with Crippen LogP contribution < -0.4 is 5.32 Å². The van der Waals surface area contributed by atoms with E-state index in [1.165, 1.54) is 18.2 Å². The summed E-state index contributed by atoms with van der Waals surface area (Å²) in [4.78, 5) is 12.1. The Morgan fingerprint density at radius 3 is 2.44 bits per heavy atom. The van der Waals surface area contributed by atoms with E-state index in [2.05, 4.69) is 17.9 Å². The second-order valence-electron chi connectivity index (χ2n) is 3.99. The van der Waals surface area contributed by atoms with E-state index in [0.29, 0.717) is 11.3 Å². The van der Waals surface area contributed by atoms with Gasteiger partial charge in [0.05, 0.1) is 0 Å². The summed E-state index contributed by atoms with van der Waals surface area (Å²) >= 11 is 3.95. The number of benzene rings is 2. The van der Waals surface area contributed by atoms with Gasteiger partial charge >= 0.3 is 0 Å². The second kappa shape index (κ2) is 5.23. The second-order valence-corrected chi connectivity index (χ2v) is 4.47. The van der Waals surface area contributed by atoms with Crippen LogP contribution in [0.5, 0.6) is 0 Å². The molecule has 0 unspecified atom stereocenters. The highest BCUT2D eigenvalue weighted by Crippen LogP contribution is 2.16. The highest BCUT2D eigenvalue weighted by atomic mass is 32.1. The lowest BCUT2D eigenvalue weighted by atomic mass is 10.2. The number of hydrogen-bond donors (Lipinski definition) is 2. The minimum atomic E-state index is -0.440. The van der Waals surface area contributed by atoms with Gasteiger partial charge in [-0.05, 0) is 37.3 Å². The maximum Gasteiger partial charge on any atom is 0.255 e. The molecule has 0 saturated heterocycles. The Kier molecular flexibility index (Phi) is 3.67. The smallest absolute Gasteiger partial charge is 0.255 e. The Balaban J connectivity index is 2.16. The predicted octanol–water partition coefficient (Wildman–Crippen LogP) is 3.68. The average molecular weight is 261 g/mol. The molecule has 0 spiro atoms. The lowest BCUT2D eigenvalue weighted by molar-refractivity contribution is 0.102. The first-order valence-corrected chi connectivity index (χ1v) is 5.87. The molecule has 0 aromatic heterocycles. The van der Waals surface area contributed by atoms with Crippen molar-refractivity contribution in [1.82, 2.24) is 0 Å². The van der Waals surface area contributed by atoms with Crippen molar-refractivity contribution < 1.29 is 9.18 Å². The maximum atomic E-state index is 13.0. The number of anilines is 1. The molecule has 0 aliphatic heterocycles. The fraction of sp³-hybridized carbons (Fsp3) is 0.0714. The summed E-state index contributed by atoms with van der Waals surface area (Å²) in [5, 5.41) is 2.74. The summed E-state index contributed by atoms with van der Waals surface area (Å²) < 4.78 is 13.0. The fourth-order valence-corrected chi connectivity index (χ4v) is 1.71. The van der Waals surface area contributed by atoms with Crippen LogP contribution in [-0.4, -0.2) is 5.91 Å². The molecule has 4 heteroatoms. The molecule has 0 saturated carbocycles. The number of nitrogens with one attached hydrogen (secondary N) is 1. The average Bonchev–Trinajstić information content (AvgIpc) is 2.35. The molecule has 0 radical (unpaired) electrons. The summed E-state index contributed by atoms with van der Waals surface area (Å²) in [6.45, 7) is 1.97. The number of thiol groups is 1. The molecular weight excluding hydrogens is 249 g/mol. The summed E-state index contributed by atoms with van der Waals surface area (Å²) in [5.41, 5.74) is 2.20. The lowest BCUT2D eigenvalue weighted by Gasteiger charge is -2.06. The van der Waals surface area contributed by atoms with Gasteiger partial charge in [0.2, 0.25) is 0 Å². The van der Waals surface area contributed by atoms with Crippen molar-refractivity contribution in [3.05, 3.63) is 59.4 Å². The molecule has 0 fully saturated rings. The van der Waals surface area contributed by atoms with E-state index in [-0.39, 0.29) is 10.8 Å². The zero-order chi connectivity index (χ0) is 13.1. The molecule has 0 bridgehead atoms. The van der Waals surface area contributed by atoms with Crippen molar-refractivity contribution in [2.24, 2.45) is 0 Å². The summed E-state index contributed by atoms with van der Waals surface area (Å²) in [7, 11) is 0. The van der Waals surface area contributed by atoms with Crippen molar-refractivity contribution in [3.8, 4) is 0 Å². The summed E-state index contributed by atoms with van der Waals surface area (Å²) in [6.07, 6.45) is 0. The first-order chi connectivity index (χ1) is 8.56. The molecule has 1 N–H and O–H groups in total. The molecule has 0 atom stereocenters. The molecule has 92 valence electrons. The molecule has 0 heterocycles. The fourth-order valence-electron chi connectivity index (χ4n) is 1.49. The molecule has 0 aliphatic carbocycles. The summed E-state index contributed by atoms with van der Waals surface area (Å²) in [6, 6.07) is 11.5. The molecule has 1 amide bonds. The Bertz CT molecular complexity index is 581. The zero-order valence-electron chi connectivity index (χ0n) is 9.77. The number of rotatable bonds is 2. The molecular formula is C14H12FNOS. The van der Waals surface area contributed by atoms with Crippen LogP contribution in [0.3, 0.4) is 0 Å². The van der Waals surface area contributed by atoms with Crippen molar-refractivity contribution in [3.63, 3.8) is 0 Å². The van der Waals surface area contributed by atoms with Gasteiger partial charge in [-0.25, -0.2) is 4.39 Å². The standard InChI is InChI=1S/C14H12FNOS/c1-9-2-5-11(6-3-9)16-14(17)10-4-7-12(15)13(18)8-10/h2-8,18H,1H3,(H,16,17). The number of amides is 1. The van der Waals surface area contributed by atoms with Crippen LogP contribution in [0.1, 0.15) is 15.9 Å². The SMILES string of the molecule is Cc1ccc(NC(=O)c2ccc(F)c(S)c2)cc1. The van der Waals surface area contributed by atoms with Crippen molar-refractivity contribution in [1.29, 1.82) is 0 Å². The Morgan fingerprint density at radius 2 is 1.83 bits per heavy atom. The number of carbonyl (C=O) groups is 1. The zero-order valence-corrected chi connectivity index (χ0v) is 10.7. The van der Waals surface area contributed by atoms with E-state index in [1.54, 1.807) is 0 Å². The number of hydrogen-bond acceptors (Lipinski definition) is 2. The van der Waals surface area contributed by atoms with E-state index in [0.717, 1.165) is 5.56 Å². The van der Waals surface area contributed by atoms with Crippen molar-refractivity contribution in [2.45, 2.75) is 11.8 Å². The van der Waals surface area contributed by atoms with Crippen LogP contribution in [0.4, 0.5) is 10.1 Å². The van der Waals surface area contributed by atoms with Gasteiger partial charge in [0.25, 0.3) is 5.91 Å². The normalized spacial score (nSPS) is 10.2. The largest absolute Gasteiger partial charge is 0.322 e. The third-order valence-corrected chi connectivity index (χ3v) is 2.86. The predicted molar refractivity (Wildman–Crippen MR) is 72.8 cm³/mol. The molecule has 2 aromatic rings. The number of carbonyl (C=O) groups excluding carboxylic acids is 1. The number of halogens is 1. The lowest BCUT2D eigenvalue weighted by Crippen LogP contribution is -2.11. The van der Waals surface area contributed by atoms with Gasteiger partial charge < -0.3 is 5.32 Å². The van der Waals surface area contributed by atoms with E-state index >= 15 is 0 Å². The minimum Gasteiger partial charge on any atom is -0.322 e. The maximum absolute atomic E-state index is 13.0. The van der Waals surface area contributed by atoms with E-state index in [4.69, 9.17) is 0 Å². The van der Waals surface area contributed by atoms with Crippen LogP contribution in [0.25, 0.3) is 0 Å². The third kappa shape index (κ3) is 2.90. The van der Waals surface area contributed by atoms with Gasteiger partial charge in [-0.3, -0.25) is 4.79 Å². The van der Waals surface area contributed by atoms with Crippen LogP contribution in [0.15, 0.2) is 47.4 Å². The van der Waals surface area contributed by atoms with E-state index < -0.39 is 5.82 Å². The molecule has 2 rings (SSSR count). The van der Waals surface area contributed by atoms with Gasteiger partial charge in [0.15, 0.2) is 0 Å². The van der Waals surface area contributed by atoms with Crippen LogP contribution in [0, 0.1) is 12.7 Å². The topological polar surface area (TPSA) is 29.1 Å². The first kappa shape index (κ1) is 12.6. The molecule has 2 aromatic carbocycles. The molecule has 0 aliphatic rings. The van der Waals surface area contributed by atoms with Gasteiger partial charge in [-0.2, -0.15) is 0 Å². The van der Waals surface area contributed by atoms with E-state index in [9.17, 15) is 9.18 Å². The molecule has 18 heavy (non-hydrogen) atoms. The Hall–Kier alpha value is -1.81. The minimum absolute atomic E-state index is 0.159. The van der Waals surface area contributed by atoms with Crippen LogP contribution >= 0.6 is 12.6 Å². The summed E-state index contributed by atoms with van der Waals surface area (Å²) in [5.74, 6) is -0.723. The van der Waals surface area contributed by atoms with Gasteiger partial charge in [-0.1, -0.05) is 17.7 Å².